The maximum atomic E-state index is 12.4. The minimum Gasteiger partial charge on any atom is -0.496 e. The minimum absolute atomic E-state index is 0.0790. The van der Waals surface area contributed by atoms with Crippen molar-refractivity contribution >= 4 is 5.91 Å². The summed E-state index contributed by atoms with van der Waals surface area (Å²) in [6, 6.07) is 16.6. The van der Waals surface area contributed by atoms with E-state index in [1.165, 1.54) is 11.1 Å². The second-order valence-corrected chi connectivity index (χ2v) is 11.3. The molecule has 1 unspecified atom stereocenters. The van der Waals surface area contributed by atoms with E-state index in [4.69, 9.17) is 23.7 Å². The number of carbonyl (C=O) groups excluding carboxylic acids is 1. The lowest BCUT2D eigenvalue weighted by atomic mass is 9.81. The van der Waals surface area contributed by atoms with E-state index in [9.17, 15) is 4.79 Å². The first-order valence-electron chi connectivity index (χ1n) is 15.5. The van der Waals surface area contributed by atoms with Crippen molar-refractivity contribution in [2.45, 2.75) is 44.2 Å². The largest absolute Gasteiger partial charge is 0.496 e. The number of ether oxygens (including phenoxy) is 5. The Morgan fingerprint density at radius 3 is 2.72 bits per heavy atom. The first-order chi connectivity index (χ1) is 21.1. The van der Waals surface area contributed by atoms with Gasteiger partial charge in [0, 0.05) is 50.6 Å². The third kappa shape index (κ3) is 10.2. The number of hydrogen-bond acceptors (Lipinski definition) is 6. The van der Waals surface area contributed by atoms with Crippen molar-refractivity contribution in [1.29, 1.82) is 0 Å². The number of rotatable bonds is 17. The van der Waals surface area contributed by atoms with Gasteiger partial charge < -0.3 is 33.9 Å². The molecule has 8 heteroatoms. The van der Waals surface area contributed by atoms with E-state index in [-0.39, 0.29) is 11.9 Å². The fourth-order valence-corrected chi connectivity index (χ4v) is 5.75. The molecule has 3 atom stereocenters. The minimum atomic E-state index is 0.0790. The fourth-order valence-electron chi connectivity index (χ4n) is 5.75. The second kappa shape index (κ2) is 17.8. The van der Waals surface area contributed by atoms with Crippen molar-refractivity contribution in [3.8, 4) is 11.5 Å². The molecule has 43 heavy (non-hydrogen) atoms. The Hall–Kier alpha value is -3.17. The van der Waals surface area contributed by atoms with Gasteiger partial charge in [0.1, 0.15) is 18.1 Å². The molecule has 0 bridgehead atoms. The molecule has 0 radical (unpaired) electrons. The number of aliphatic hydroxyl groups is 2. The summed E-state index contributed by atoms with van der Waals surface area (Å²) in [5, 5.41) is 3.56. The highest BCUT2D eigenvalue weighted by Crippen LogP contribution is 2.32. The highest BCUT2D eigenvalue weighted by Gasteiger charge is 2.29. The van der Waals surface area contributed by atoms with Crippen molar-refractivity contribution in [2.24, 2.45) is 5.92 Å². The first-order valence-corrected chi connectivity index (χ1v) is 15.5. The summed E-state index contributed by atoms with van der Waals surface area (Å²) in [7, 11) is 5.18. The molecule has 234 valence electrons. The van der Waals surface area contributed by atoms with E-state index in [1.54, 1.807) is 14.2 Å². The predicted octanol–water partition coefficient (Wildman–Crippen LogP) is 4.65. The molecule has 1 aliphatic carbocycles. The number of amides is 1. The molecule has 2 aliphatic rings. The summed E-state index contributed by atoms with van der Waals surface area (Å²) < 4.78 is 27.2. The third-order valence-electron chi connectivity index (χ3n) is 8.29. The SMILES string of the molecule is COCCC(=O)N(C)C1C=CC=C(C[OH+]C[C@@H]2CNCC[C@@H]2c2ccc(OCCCOCc3ccccc3OC)cc2)C1. The van der Waals surface area contributed by atoms with Crippen molar-refractivity contribution in [1.82, 2.24) is 10.2 Å². The Kier molecular flexibility index (Phi) is 13.6. The molecule has 1 saturated heterocycles. The van der Waals surface area contributed by atoms with Gasteiger partial charge in [0.15, 0.2) is 6.61 Å². The van der Waals surface area contributed by atoms with E-state index in [0.29, 0.717) is 51.3 Å². The average molecular weight is 594 g/mol. The zero-order valence-corrected chi connectivity index (χ0v) is 26.0. The number of hydrogen-bond donors (Lipinski definition) is 1. The van der Waals surface area contributed by atoms with Gasteiger partial charge in [0.2, 0.25) is 5.91 Å². The van der Waals surface area contributed by atoms with Crippen molar-refractivity contribution in [3.63, 3.8) is 0 Å². The van der Waals surface area contributed by atoms with E-state index < -0.39 is 0 Å². The smallest absolute Gasteiger partial charge is 0.225 e. The van der Waals surface area contributed by atoms with Crippen LogP contribution in [0.15, 0.2) is 72.3 Å². The summed E-state index contributed by atoms with van der Waals surface area (Å²) in [5.74, 6) is 2.78. The molecule has 0 aromatic heterocycles. The maximum Gasteiger partial charge on any atom is 0.225 e. The lowest BCUT2D eigenvalue weighted by Crippen LogP contribution is -2.39. The number of para-hydroxylation sites is 1. The number of allylic oxidation sites excluding steroid dienone is 2. The summed E-state index contributed by atoms with van der Waals surface area (Å²) in [6.45, 7) is 5.75. The molecule has 1 heterocycles. The Balaban J connectivity index is 1.17. The molecule has 8 nitrogen and oxygen atoms in total. The Labute approximate surface area is 257 Å². The van der Waals surface area contributed by atoms with Crippen LogP contribution < -0.4 is 14.8 Å². The summed E-state index contributed by atoms with van der Waals surface area (Å²) in [5.41, 5.74) is 3.67. The van der Waals surface area contributed by atoms with Crippen LogP contribution in [0.2, 0.25) is 0 Å². The zero-order chi connectivity index (χ0) is 30.3. The highest BCUT2D eigenvalue weighted by molar-refractivity contribution is 5.76. The van der Waals surface area contributed by atoms with Gasteiger partial charge in [-0.1, -0.05) is 48.6 Å². The van der Waals surface area contributed by atoms with Gasteiger partial charge in [0.25, 0.3) is 0 Å². The van der Waals surface area contributed by atoms with Crippen LogP contribution in [0.25, 0.3) is 0 Å². The molecular formula is C35H49N2O6+. The number of methoxy groups -OCH3 is 2. The molecular weight excluding hydrogens is 544 g/mol. The van der Waals surface area contributed by atoms with Crippen molar-refractivity contribution in [2.75, 3.05) is 67.4 Å². The normalized spacial score (nSPS) is 20.0. The van der Waals surface area contributed by atoms with Crippen LogP contribution in [0.4, 0.5) is 0 Å². The topological polar surface area (TPSA) is 82.1 Å². The van der Waals surface area contributed by atoms with Gasteiger partial charge >= 0.3 is 0 Å². The van der Waals surface area contributed by atoms with Gasteiger partial charge in [-0.2, -0.15) is 0 Å². The number of likely N-dealkylation sites (N-methyl/N-ethyl adjacent to an activating group) is 1. The molecule has 2 aromatic carbocycles. The van der Waals surface area contributed by atoms with Crippen LogP contribution in [0.1, 0.15) is 42.7 Å². The predicted molar refractivity (Wildman–Crippen MR) is 170 cm³/mol. The molecule has 1 fully saturated rings. The summed E-state index contributed by atoms with van der Waals surface area (Å²) >= 11 is 0. The maximum absolute atomic E-state index is 12.4. The molecule has 4 rings (SSSR count). The quantitative estimate of drug-likeness (QED) is 0.212. The molecule has 2 N–H and O–H groups in total. The van der Waals surface area contributed by atoms with Crippen LogP contribution in [0, 0.1) is 5.92 Å². The molecule has 0 spiro atoms. The van der Waals surface area contributed by atoms with E-state index in [2.05, 4.69) is 47.8 Å². The van der Waals surface area contributed by atoms with E-state index in [0.717, 1.165) is 56.0 Å². The summed E-state index contributed by atoms with van der Waals surface area (Å²) in [6.07, 6.45) is 9.47. The number of benzene rings is 2. The van der Waals surface area contributed by atoms with Crippen LogP contribution in [0.5, 0.6) is 11.5 Å². The fraction of sp³-hybridized carbons (Fsp3) is 0.514. The van der Waals surface area contributed by atoms with Crippen LogP contribution in [-0.4, -0.2) is 89.0 Å². The average Bonchev–Trinajstić information content (AvgIpc) is 3.05. The van der Waals surface area contributed by atoms with E-state index >= 15 is 0 Å². The van der Waals surface area contributed by atoms with E-state index in [1.807, 2.05) is 36.2 Å². The molecule has 2 aromatic rings. The van der Waals surface area contributed by atoms with Gasteiger partial charge in [-0.05, 0) is 42.6 Å². The highest BCUT2D eigenvalue weighted by atomic mass is 16.5. The number of nitrogens with zero attached hydrogens (tertiary/aromatic N) is 1. The Morgan fingerprint density at radius 1 is 1.07 bits per heavy atom. The molecule has 1 amide bonds. The van der Waals surface area contributed by atoms with Gasteiger partial charge in [-0.15, -0.1) is 0 Å². The monoisotopic (exact) mass is 593 g/mol. The van der Waals surface area contributed by atoms with Gasteiger partial charge in [-0.3, -0.25) is 4.79 Å². The van der Waals surface area contributed by atoms with Crippen LogP contribution in [0.3, 0.4) is 0 Å². The number of carbonyl (C=O) groups is 1. The first kappa shape index (κ1) is 32.7. The van der Waals surface area contributed by atoms with Crippen LogP contribution >= 0.6 is 0 Å². The Morgan fingerprint density at radius 2 is 1.91 bits per heavy atom. The Bertz CT molecular complexity index is 1180. The molecule has 0 saturated carbocycles. The lowest BCUT2D eigenvalue weighted by Gasteiger charge is -2.31. The zero-order valence-electron chi connectivity index (χ0n) is 26.0. The van der Waals surface area contributed by atoms with Gasteiger partial charge in [0.05, 0.1) is 46.0 Å². The van der Waals surface area contributed by atoms with Crippen molar-refractivity contribution < 1.29 is 28.5 Å². The number of piperidine rings is 1. The van der Waals surface area contributed by atoms with Crippen LogP contribution in [-0.2, 0) is 20.9 Å². The number of nitrogens with one attached hydrogen (secondary N) is 1. The third-order valence-corrected chi connectivity index (χ3v) is 8.29. The van der Waals surface area contributed by atoms with Crippen molar-refractivity contribution in [3.05, 3.63) is 83.5 Å². The lowest BCUT2D eigenvalue weighted by molar-refractivity contribution is -0.132. The standard InChI is InChI=1S/C35H48N2O6/c1-37(35(38)17-21-39-2)31-10-6-8-27(22-31)24-42-26-30-23-36-18-16-33(30)28-12-14-32(15-13-28)43-20-7-19-41-25-29-9-4-5-11-34(29)40-3/h4-6,8-15,30-31,33,36H,7,16-26H2,1-3H3/p+1/t30-,31?,33+/m0/s1. The van der Waals surface area contributed by atoms with Gasteiger partial charge in [-0.25, -0.2) is 0 Å². The second-order valence-electron chi connectivity index (χ2n) is 11.3. The summed E-state index contributed by atoms with van der Waals surface area (Å²) in [4.78, 5) is 14.2. The molecule has 1 aliphatic heterocycles.